The summed E-state index contributed by atoms with van der Waals surface area (Å²) in [7, 11) is 3.07. The Morgan fingerprint density at radius 3 is 2.43 bits per heavy atom. The molecule has 0 saturated heterocycles. The summed E-state index contributed by atoms with van der Waals surface area (Å²) < 4.78 is 18.9. The summed E-state index contributed by atoms with van der Waals surface area (Å²) in [6.07, 6.45) is -0.275. The highest BCUT2D eigenvalue weighted by Gasteiger charge is 2.62. The number of halogens is 1. The van der Waals surface area contributed by atoms with E-state index >= 15 is 0 Å². The highest BCUT2D eigenvalue weighted by molar-refractivity contribution is 9.10. The van der Waals surface area contributed by atoms with Crippen molar-refractivity contribution in [3.8, 4) is 17.5 Å². The number of hydrogen-bond acceptors (Lipinski definition) is 6. The summed E-state index contributed by atoms with van der Waals surface area (Å²) in [6, 6.07) is 18.9. The van der Waals surface area contributed by atoms with Gasteiger partial charge in [-0.3, -0.25) is 4.79 Å². The van der Waals surface area contributed by atoms with Gasteiger partial charge in [-0.15, -0.1) is 0 Å². The molecule has 8 heteroatoms. The Kier molecular flexibility index (Phi) is 6.19. The minimum absolute atomic E-state index is 0.293. The number of carboxylic acid groups (broad SMARTS) is 1. The number of carboxylic acids is 1. The van der Waals surface area contributed by atoms with Gasteiger partial charge in [0.05, 0.1) is 31.8 Å². The molecule has 1 aromatic heterocycles. The van der Waals surface area contributed by atoms with E-state index in [0.29, 0.717) is 30.4 Å². The summed E-state index contributed by atoms with van der Waals surface area (Å²) in [4.78, 5) is 17.2. The number of fused-ring (bicyclic) bond motifs is 3. The van der Waals surface area contributed by atoms with Crippen molar-refractivity contribution in [2.75, 3.05) is 14.2 Å². The highest BCUT2D eigenvalue weighted by Crippen LogP contribution is 2.64. The fourth-order valence-electron chi connectivity index (χ4n) is 5.84. The molecule has 35 heavy (non-hydrogen) atoms. The van der Waals surface area contributed by atoms with Crippen LogP contribution in [0.3, 0.4) is 0 Å². The number of pyridine rings is 1. The van der Waals surface area contributed by atoms with Gasteiger partial charge < -0.3 is 24.4 Å². The minimum atomic E-state index is -1.13. The van der Waals surface area contributed by atoms with Gasteiger partial charge in [0.2, 0.25) is 11.8 Å². The minimum Gasteiger partial charge on any atom is -0.481 e. The zero-order valence-electron chi connectivity index (χ0n) is 19.3. The van der Waals surface area contributed by atoms with Crippen LogP contribution in [0.1, 0.15) is 41.4 Å². The lowest BCUT2D eigenvalue weighted by Crippen LogP contribution is -2.47. The third kappa shape index (κ3) is 3.76. The molecule has 0 amide bonds. The fourth-order valence-corrected chi connectivity index (χ4v) is 6.10. The first kappa shape index (κ1) is 23.6. The average Bonchev–Trinajstić information content (AvgIpc) is 3.13. The number of aliphatic hydroxyl groups is 1. The SMILES string of the molecule is COc1cc2c(c(OC)n1)[C@H]1CC[C@H](O)[C@H](C(=O)O)[C@@H](c3ccccc3)[C@]1(c1ccc(Br)cc1)O2. The van der Waals surface area contributed by atoms with Crippen LogP contribution in [-0.4, -0.2) is 41.5 Å². The van der Waals surface area contributed by atoms with Gasteiger partial charge in [-0.1, -0.05) is 58.4 Å². The molecule has 1 saturated carbocycles. The number of methoxy groups -OCH3 is 2. The van der Waals surface area contributed by atoms with Gasteiger partial charge >= 0.3 is 5.97 Å². The number of carbonyl (C=O) groups is 1. The van der Waals surface area contributed by atoms with E-state index in [1.54, 1.807) is 13.2 Å². The molecular formula is C27H26BrNO6. The van der Waals surface area contributed by atoms with Crippen LogP contribution in [0.15, 0.2) is 65.1 Å². The Labute approximate surface area is 211 Å². The lowest BCUT2D eigenvalue weighted by molar-refractivity contribution is -0.149. The molecule has 5 atom stereocenters. The van der Waals surface area contributed by atoms with Crippen LogP contribution in [0.4, 0.5) is 0 Å². The number of benzene rings is 2. The maximum absolute atomic E-state index is 12.7. The first-order chi connectivity index (χ1) is 16.9. The van der Waals surface area contributed by atoms with Crippen molar-refractivity contribution in [1.29, 1.82) is 0 Å². The summed E-state index contributed by atoms with van der Waals surface area (Å²) in [5.74, 6) is -1.92. The molecular weight excluding hydrogens is 514 g/mol. The Hall–Kier alpha value is -3.10. The standard InChI is InChI=1S/C27H26BrNO6/c1-33-21-14-20-22(25(29-21)34-2)18-12-13-19(30)23(26(31)32)24(15-6-4-3-5-7-15)27(18,35-20)16-8-10-17(28)11-9-16/h3-11,14,18-19,23-24,30H,12-13H2,1-2H3,(H,31,32)/t18-,19+,23+,24-,27-/m1/s1. The zero-order chi connectivity index (χ0) is 24.7. The number of aromatic nitrogens is 1. The second-order valence-corrected chi connectivity index (χ2v) is 9.85. The molecule has 1 aliphatic heterocycles. The first-order valence-corrected chi connectivity index (χ1v) is 12.2. The van der Waals surface area contributed by atoms with Crippen LogP contribution < -0.4 is 14.2 Å². The monoisotopic (exact) mass is 539 g/mol. The second-order valence-electron chi connectivity index (χ2n) is 8.94. The van der Waals surface area contributed by atoms with Crippen LogP contribution in [0.2, 0.25) is 0 Å². The van der Waals surface area contributed by atoms with Crippen molar-refractivity contribution in [2.24, 2.45) is 5.92 Å². The van der Waals surface area contributed by atoms with Gasteiger partial charge in [-0.05, 0) is 36.1 Å². The number of nitrogens with zero attached hydrogens (tertiary/aromatic N) is 1. The molecule has 2 N–H and O–H groups in total. The molecule has 1 aliphatic carbocycles. The van der Waals surface area contributed by atoms with E-state index in [-0.39, 0.29) is 5.92 Å². The van der Waals surface area contributed by atoms with E-state index in [1.807, 2.05) is 54.6 Å². The largest absolute Gasteiger partial charge is 0.481 e. The predicted octanol–water partition coefficient (Wildman–Crippen LogP) is 4.87. The van der Waals surface area contributed by atoms with Crippen molar-refractivity contribution in [1.82, 2.24) is 4.98 Å². The van der Waals surface area contributed by atoms with Gasteiger partial charge in [-0.2, -0.15) is 4.98 Å². The molecule has 0 unspecified atom stereocenters. The van der Waals surface area contributed by atoms with Crippen LogP contribution in [-0.2, 0) is 10.4 Å². The van der Waals surface area contributed by atoms with E-state index in [1.165, 1.54) is 7.11 Å². The maximum Gasteiger partial charge on any atom is 0.309 e. The topological polar surface area (TPSA) is 98.1 Å². The van der Waals surface area contributed by atoms with Crippen molar-refractivity contribution in [2.45, 2.75) is 36.4 Å². The lowest BCUT2D eigenvalue weighted by atomic mass is 9.65. The van der Waals surface area contributed by atoms with Crippen molar-refractivity contribution < 1.29 is 29.2 Å². The number of aliphatic hydroxyl groups excluding tert-OH is 1. The fraction of sp³-hybridized carbons (Fsp3) is 0.333. The summed E-state index contributed by atoms with van der Waals surface area (Å²) in [5.41, 5.74) is 1.22. The van der Waals surface area contributed by atoms with Gasteiger partial charge in [0.25, 0.3) is 0 Å². The Balaban J connectivity index is 1.85. The summed E-state index contributed by atoms with van der Waals surface area (Å²) in [5, 5.41) is 21.6. The Morgan fingerprint density at radius 1 is 1.09 bits per heavy atom. The predicted molar refractivity (Wildman–Crippen MR) is 132 cm³/mol. The van der Waals surface area contributed by atoms with E-state index in [9.17, 15) is 15.0 Å². The summed E-state index contributed by atoms with van der Waals surface area (Å²) in [6.45, 7) is 0. The van der Waals surface area contributed by atoms with Gasteiger partial charge in [0, 0.05) is 22.4 Å². The normalized spacial score (nSPS) is 27.2. The third-order valence-electron chi connectivity index (χ3n) is 7.24. The van der Waals surface area contributed by atoms with Crippen LogP contribution in [0, 0.1) is 5.92 Å². The van der Waals surface area contributed by atoms with Gasteiger partial charge in [0.15, 0.2) is 0 Å². The third-order valence-corrected chi connectivity index (χ3v) is 7.76. The Morgan fingerprint density at radius 2 is 1.80 bits per heavy atom. The quantitative estimate of drug-likeness (QED) is 0.477. The van der Waals surface area contributed by atoms with Crippen LogP contribution in [0.5, 0.6) is 17.5 Å². The molecule has 1 fully saturated rings. The number of ether oxygens (including phenoxy) is 3. The molecule has 2 aliphatic rings. The smallest absolute Gasteiger partial charge is 0.309 e. The van der Waals surface area contributed by atoms with E-state index in [0.717, 1.165) is 21.2 Å². The van der Waals surface area contributed by atoms with Crippen molar-refractivity contribution in [3.63, 3.8) is 0 Å². The highest BCUT2D eigenvalue weighted by atomic mass is 79.9. The number of hydrogen-bond donors (Lipinski definition) is 2. The van der Waals surface area contributed by atoms with Crippen LogP contribution in [0.25, 0.3) is 0 Å². The van der Waals surface area contributed by atoms with Crippen molar-refractivity contribution in [3.05, 3.63) is 81.8 Å². The van der Waals surface area contributed by atoms with E-state index in [2.05, 4.69) is 20.9 Å². The maximum atomic E-state index is 12.7. The molecule has 0 spiro atoms. The summed E-state index contributed by atoms with van der Waals surface area (Å²) >= 11 is 3.51. The number of aliphatic carboxylic acids is 1. The van der Waals surface area contributed by atoms with E-state index < -0.39 is 29.5 Å². The molecule has 3 aromatic rings. The van der Waals surface area contributed by atoms with Crippen LogP contribution >= 0.6 is 15.9 Å². The lowest BCUT2D eigenvalue weighted by Gasteiger charge is -2.43. The Bertz CT molecular complexity index is 1230. The number of rotatable bonds is 5. The molecule has 0 radical (unpaired) electrons. The molecule has 0 bridgehead atoms. The first-order valence-electron chi connectivity index (χ1n) is 11.4. The second kappa shape index (κ2) is 9.17. The van der Waals surface area contributed by atoms with Crippen molar-refractivity contribution >= 4 is 21.9 Å². The van der Waals surface area contributed by atoms with Gasteiger partial charge in [-0.25, -0.2) is 0 Å². The zero-order valence-corrected chi connectivity index (χ0v) is 20.9. The molecule has 182 valence electrons. The van der Waals surface area contributed by atoms with E-state index in [4.69, 9.17) is 14.2 Å². The van der Waals surface area contributed by atoms with Gasteiger partial charge in [0.1, 0.15) is 11.4 Å². The molecule has 7 nitrogen and oxygen atoms in total. The molecule has 2 heterocycles. The molecule has 2 aromatic carbocycles. The average molecular weight is 540 g/mol. The molecule has 5 rings (SSSR count).